The lowest BCUT2D eigenvalue weighted by Gasteiger charge is -2.17. The first kappa shape index (κ1) is 20.2. The van der Waals surface area contributed by atoms with E-state index in [-0.39, 0.29) is 9.79 Å². The molecule has 0 saturated heterocycles. The molecule has 1 fully saturated rings. The first-order valence-corrected chi connectivity index (χ1v) is 12.5. The molecular formula is C17H28N2O4S2. The average Bonchev–Trinajstić information content (AvgIpc) is 2.78. The maximum Gasteiger partial charge on any atom is 0.177 e. The Morgan fingerprint density at radius 3 is 2.12 bits per heavy atom. The molecular weight excluding hydrogens is 360 g/mol. The van der Waals surface area contributed by atoms with Crippen LogP contribution in [0.4, 0.5) is 5.69 Å². The molecule has 1 aliphatic carbocycles. The van der Waals surface area contributed by atoms with Crippen molar-refractivity contribution in [3.05, 3.63) is 18.2 Å². The van der Waals surface area contributed by atoms with E-state index in [2.05, 4.69) is 10.6 Å². The predicted molar refractivity (Wildman–Crippen MR) is 101 cm³/mol. The predicted octanol–water partition coefficient (Wildman–Crippen LogP) is 2.22. The Hall–Kier alpha value is -1.12. The fraction of sp³-hybridized carbons (Fsp3) is 0.647. The molecule has 0 aromatic heterocycles. The van der Waals surface area contributed by atoms with Crippen molar-refractivity contribution < 1.29 is 16.8 Å². The highest BCUT2D eigenvalue weighted by Crippen LogP contribution is 2.25. The van der Waals surface area contributed by atoms with Crippen molar-refractivity contribution in [3.8, 4) is 0 Å². The molecule has 25 heavy (non-hydrogen) atoms. The van der Waals surface area contributed by atoms with Gasteiger partial charge in [-0.15, -0.1) is 0 Å². The van der Waals surface area contributed by atoms with E-state index >= 15 is 0 Å². The SMILES string of the molecule is CS(=O)(=O)c1ccc(NCCNC2CCCCCC2)c(S(C)(=O)=O)c1. The van der Waals surface area contributed by atoms with E-state index in [1.165, 1.54) is 56.7 Å². The summed E-state index contributed by atoms with van der Waals surface area (Å²) in [5.74, 6) is 0. The van der Waals surface area contributed by atoms with Crippen LogP contribution in [0.3, 0.4) is 0 Å². The van der Waals surface area contributed by atoms with Gasteiger partial charge >= 0.3 is 0 Å². The van der Waals surface area contributed by atoms with E-state index in [9.17, 15) is 16.8 Å². The fourth-order valence-corrected chi connectivity index (χ4v) is 4.75. The van der Waals surface area contributed by atoms with Gasteiger partial charge in [-0.05, 0) is 31.0 Å². The molecule has 1 aromatic rings. The summed E-state index contributed by atoms with van der Waals surface area (Å²) in [6.07, 6.45) is 9.67. The molecule has 0 spiro atoms. The normalized spacial score (nSPS) is 17.2. The monoisotopic (exact) mass is 388 g/mol. The third-order valence-electron chi connectivity index (χ3n) is 4.51. The molecule has 1 aliphatic rings. The molecule has 1 aromatic carbocycles. The number of rotatable bonds is 7. The topological polar surface area (TPSA) is 92.3 Å². The molecule has 0 radical (unpaired) electrons. The van der Waals surface area contributed by atoms with Crippen molar-refractivity contribution >= 4 is 25.4 Å². The van der Waals surface area contributed by atoms with Crippen molar-refractivity contribution in [2.24, 2.45) is 0 Å². The summed E-state index contributed by atoms with van der Waals surface area (Å²) >= 11 is 0. The Balaban J connectivity index is 2.01. The second-order valence-corrected chi connectivity index (χ2v) is 10.8. The summed E-state index contributed by atoms with van der Waals surface area (Å²) in [4.78, 5) is 0.0277. The van der Waals surface area contributed by atoms with Gasteiger partial charge < -0.3 is 10.6 Å². The summed E-state index contributed by atoms with van der Waals surface area (Å²) in [5.41, 5.74) is 0.442. The van der Waals surface area contributed by atoms with Gasteiger partial charge in [0.15, 0.2) is 19.7 Å². The fourth-order valence-electron chi connectivity index (χ4n) is 3.14. The van der Waals surface area contributed by atoms with Crippen LogP contribution in [0.15, 0.2) is 28.0 Å². The van der Waals surface area contributed by atoms with E-state index in [0.29, 0.717) is 18.3 Å². The number of hydrogen-bond donors (Lipinski definition) is 2. The van der Waals surface area contributed by atoms with Crippen LogP contribution in [0, 0.1) is 0 Å². The zero-order chi connectivity index (χ0) is 18.5. The molecule has 2 N–H and O–H groups in total. The molecule has 0 atom stereocenters. The van der Waals surface area contributed by atoms with Crippen molar-refractivity contribution in [1.29, 1.82) is 0 Å². The lowest BCUT2D eigenvalue weighted by atomic mass is 10.1. The molecule has 1 saturated carbocycles. The van der Waals surface area contributed by atoms with Crippen LogP contribution in [-0.2, 0) is 19.7 Å². The Bertz CT molecular complexity index is 781. The lowest BCUT2D eigenvalue weighted by molar-refractivity contribution is 0.468. The lowest BCUT2D eigenvalue weighted by Crippen LogP contribution is -2.32. The molecule has 0 aliphatic heterocycles. The van der Waals surface area contributed by atoms with E-state index in [1.807, 2.05) is 0 Å². The van der Waals surface area contributed by atoms with Crippen LogP contribution < -0.4 is 10.6 Å². The smallest absolute Gasteiger partial charge is 0.177 e. The van der Waals surface area contributed by atoms with Crippen molar-refractivity contribution in [3.63, 3.8) is 0 Å². The van der Waals surface area contributed by atoms with E-state index in [0.717, 1.165) is 19.1 Å². The van der Waals surface area contributed by atoms with Crippen LogP contribution in [0.1, 0.15) is 38.5 Å². The molecule has 8 heteroatoms. The van der Waals surface area contributed by atoms with Gasteiger partial charge in [0, 0.05) is 31.6 Å². The summed E-state index contributed by atoms with van der Waals surface area (Å²) in [6, 6.07) is 4.72. The Morgan fingerprint density at radius 2 is 1.56 bits per heavy atom. The largest absolute Gasteiger partial charge is 0.383 e. The quantitative estimate of drug-likeness (QED) is 0.550. The Labute approximate surface area is 151 Å². The van der Waals surface area contributed by atoms with E-state index in [4.69, 9.17) is 0 Å². The van der Waals surface area contributed by atoms with Gasteiger partial charge in [0.05, 0.1) is 15.5 Å². The molecule has 0 bridgehead atoms. The number of nitrogens with one attached hydrogen (secondary N) is 2. The standard InChI is InChI=1S/C17H28N2O4S2/c1-24(20,21)15-9-10-16(17(13-15)25(2,22)23)19-12-11-18-14-7-5-3-4-6-8-14/h9-10,13-14,18-19H,3-8,11-12H2,1-2H3. The second-order valence-electron chi connectivity index (χ2n) is 6.77. The molecule has 6 nitrogen and oxygen atoms in total. The van der Waals surface area contributed by atoms with Crippen molar-refractivity contribution in [1.82, 2.24) is 5.32 Å². The summed E-state index contributed by atoms with van der Waals surface area (Å²) < 4.78 is 47.3. The second kappa shape index (κ2) is 8.51. The highest BCUT2D eigenvalue weighted by atomic mass is 32.2. The maximum absolute atomic E-state index is 12.0. The van der Waals surface area contributed by atoms with E-state index < -0.39 is 19.7 Å². The zero-order valence-corrected chi connectivity index (χ0v) is 16.5. The van der Waals surface area contributed by atoms with Crippen LogP contribution in [0.2, 0.25) is 0 Å². The number of hydrogen-bond acceptors (Lipinski definition) is 6. The third-order valence-corrected chi connectivity index (χ3v) is 6.76. The zero-order valence-electron chi connectivity index (χ0n) is 14.9. The maximum atomic E-state index is 12.0. The minimum atomic E-state index is -3.53. The van der Waals surface area contributed by atoms with Crippen molar-refractivity contribution in [2.75, 3.05) is 30.9 Å². The summed E-state index contributed by atoms with van der Waals surface area (Å²) in [5, 5.41) is 6.64. The van der Waals surface area contributed by atoms with Gasteiger partial charge in [-0.1, -0.05) is 25.7 Å². The third kappa shape index (κ3) is 6.27. The van der Waals surface area contributed by atoms with Gasteiger partial charge in [0.2, 0.25) is 0 Å². The number of anilines is 1. The number of benzene rings is 1. The van der Waals surface area contributed by atoms with Crippen LogP contribution in [0.25, 0.3) is 0 Å². The van der Waals surface area contributed by atoms with Crippen LogP contribution >= 0.6 is 0 Å². The molecule has 0 heterocycles. The van der Waals surface area contributed by atoms with Crippen molar-refractivity contribution in [2.45, 2.75) is 54.4 Å². The minimum absolute atomic E-state index is 0.00931. The first-order chi connectivity index (χ1) is 11.7. The van der Waals surface area contributed by atoms with Gasteiger partial charge in [0.1, 0.15) is 0 Å². The van der Waals surface area contributed by atoms with Gasteiger partial charge in [-0.25, -0.2) is 16.8 Å². The highest BCUT2D eigenvalue weighted by Gasteiger charge is 2.18. The van der Waals surface area contributed by atoms with Gasteiger partial charge in [-0.2, -0.15) is 0 Å². The number of sulfone groups is 2. The molecule has 142 valence electrons. The average molecular weight is 389 g/mol. The summed E-state index contributed by atoms with van der Waals surface area (Å²) in [6.45, 7) is 1.32. The van der Waals surface area contributed by atoms with Gasteiger partial charge in [-0.3, -0.25) is 0 Å². The van der Waals surface area contributed by atoms with Crippen LogP contribution in [0.5, 0.6) is 0 Å². The van der Waals surface area contributed by atoms with Crippen LogP contribution in [-0.4, -0.2) is 48.5 Å². The minimum Gasteiger partial charge on any atom is -0.383 e. The van der Waals surface area contributed by atoms with E-state index in [1.54, 1.807) is 0 Å². The Morgan fingerprint density at radius 1 is 0.920 bits per heavy atom. The van der Waals surface area contributed by atoms with Gasteiger partial charge in [0.25, 0.3) is 0 Å². The first-order valence-electron chi connectivity index (χ1n) is 8.69. The highest BCUT2D eigenvalue weighted by molar-refractivity contribution is 7.91. The molecule has 2 rings (SSSR count). The Kier molecular flexibility index (Phi) is 6.87. The molecule has 0 unspecified atom stereocenters. The summed E-state index contributed by atoms with van der Waals surface area (Å²) in [7, 11) is -6.98. The molecule has 0 amide bonds.